The van der Waals surface area contributed by atoms with Crippen molar-refractivity contribution in [3.63, 3.8) is 0 Å². The predicted octanol–water partition coefficient (Wildman–Crippen LogP) is 2.42. The van der Waals surface area contributed by atoms with Crippen molar-refractivity contribution in [3.8, 4) is 5.75 Å². The van der Waals surface area contributed by atoms with Crippen molar-refractivity contribution in [1.29, 1.82) is 0 Å². The van der Waals surface area contributed by atoms with Crippen molar-refractivity contribution in [3.05, 3.63) is 29.8 Å². The van der Waals surface area contributed by atoms with Gasteiger partial charge in [-0.05, 0) is 31.2 Å². The van der Waals surface area contributed by atoms with Crippen LogP contribution in [-0.2, 0) is 15.5 Å². The molecule has 1 aromatic carbocycles. The lowest BCUT2D eigenvalue weighted by atomic mass is 9.94. The molecule has 1 heterocycles. The summed E-state index contributed by atoms with van der Waals surface area (Å²) < 4.78 is 17.6. The molecule has 0 N–H and O–H groups in total. The Morgan fingerprint density at radius 1 is 1.47 bits per heavy atom. The number of methoxy groups -OCH3 is 1. The third-order valence-corrected chi connectivity index (χ3v) is 5.86. The van der Waals surface area contributed by atoms with Gasteiger partial charge < -0.3 is 9.64 Å². The Bertz CT molecular complexity index is 455. The quantitative estimate of drug-likeness (QED) is 0.859. The number of nitrogens with zero attached hydrogens (tertiary/aromatic N) is 1. The van der Waals surface area contributed by atoms with E-state index >= 15 is 0 Å². The summed E-state index contributed by atoms with van der Waals surface area (Å²) in [6.07, 6.45) is 0.886. The van der Waals surface area contributed by atoms with Gasteiger partial charge in [0.25, 0.3) is 0 Å². The second kappa shape index (κ2) is 6.73. The molecule has 1 saturated heterocycles. The molecular formula is C14H22ClNO2S. The van der Waals surface area contributed by atoms with Crippen molar-refractivity contribution in [2.45, 2.75) is 18.1 Å². The number of halogens is 1. The van der Waals surface area contributed by atoms with E-state index in [2.05, 4.69) is 24.9 Å². The minimum atomic E-state index is -0.816. The van der Waals surface area contributed by atoms with Crippen molar-refractivity contribution < 1.29 is 8.95 Å². The molecule has 1 aliphatic heterocycles. The van der Waals surface area contributed by atoms with E-state index in [-0.39, 0.29) is 17.2 Å². The smallest absolute Gasteiger partial charge is 0.119 e. The molecule has 2 atom stereocenters. The van der Waals surface area contributed by atoms with E-state index in [9.17, 15) is 4.21 Å². The van der Waals surface area contributed by atoms with E-state index in [0.29, 0.717) is 0 Å². The van der Waals surface area contributed by atoms with Crippen LogP contribution in [0.1, 0.15) is 18.9 Å². The predicted molar refractivity (Wildman–Crippen MR) is 82.7 cm³/mol. The number of benzene rings is 1. The Hall–Kier alpha value is -0.580. The Morgan fingerprint density at radius 3 is 2.84 bits per heavy atom. The summed E-state index contributed by atoms with van der Waals surface area (Å²) in [5.41, 5.74) is 1.13. The van der Waals surface area contributed by atoms with E-state index in [4.69, 9.17) is 4.74 Å². The zero-order valence-electron chi connectivity index (χ0n) is 11.7. The monoisotopic (exact) mass is 303 g/mol. The van der Waals surface area contributed by atoms with Gasteiger partial charge in [-0.15, -0.1) is 12.4 Å². The first kappa shape index (κ1) is 16.5. The van der Waals surface area contributed by atoms with E-state index in [1.54, 1.807) is 7.11 Å². The highest BCUT2D eigenvalue weighted by Gasteiger charge is 2.41. The molecule has 2 unspecified atom stereocenters. The molecule has 0 saturated carbocycles. The van der Waals surface area contributed by atoms with Crippen LogP contribution >= 0.6 is 12.4 Å². The zero-order chi connectivity index (χ0) is 13.2. The zero-order valence-corrected chi connectivity index (χ0v) is 13.4. The molecule has 0 aliphatic carbocycles. The standard InChI is InChI=1S/C14H21NO2S.ClH/c1-4-14(11-15(2)8-9-18(14)16)12-6-5-7-13(10-12)17-3;/h5-7,10H,4,8-9,11H2,1-3H3;1H. The lowest BCUT2D eigenvalue weighted by Gasteiger charge is -2.40. The summed E-state index contributed by atoms with van der Waals surface area (Å²) in [5, 5.41) is 0. The molecule has 1 fully saturated rings. The summed E-state index contributed by atoms with van der Waals surface area (Å²) in [5.74, 6) is 1.59. The van der Waals surface area contributed by atoms with Crippen LogP contribution < -0.4 is 4.74 Å². The lowest BCUT2D eigenvalue weighted by Crippen LogP contribution is -2.49. The second-order valence-electron chi connectivity index (χ2n) is 4.87. The van der Waals surface area contributed by atoms with Crippen LogP contribution in [0.5, 0.6) is 5.75 Å². The summed E-state index contributed by atoms with van der Waals surface area (Å²) >= 11 is 0. The third kappa shape index (κ3) is 3.12. The van der Waals surface area contributed by atoms with Crippen molar-refractivity contribution in [2.24, 2.45) is 0 Å². The van der Waals surface area contributed by atoms with Crippen LogP contribution in [0.2, 0.25) is 0 Å². The van der Waals surface area contributed by atoms with Gasteiger partial charge in [-0.1, -0.05) is 19.1 Å². The van der Waals surface area contributed by atoms with Crippen LogP contribution in [0.4, 0.5) is 0 Å². The average Bonchev–Trinajstić information content (AvgIpc) is 2.41. The average molecular weight is 304 g/mol. The van der Waals surface area contributed by atoms with E-state index in [1.165, 1.54) is 0 Å². The molecule has 5 heteroatoms. The van der Waals surface area contributed by atoms with Gasteiger partial charge >= 0.3 is 0 Å². The van der Waals surface area contributed by atoms with Gasteiger partial charge in [-0.25, -0.2) is 0 Å². The van der Waals surface area contributed by atoms with Gasteiger partial charge in [0.15, 0.2) is 0 Å². The summed E-state index contributed by atoms with van der Waals surface area (Å²) in [4.78, 5) is 2.27. The number of rotatable bonds is 3. The Kier molecular flexibility index (Phi) is 5.83. The van der Waals surface area contributed by atoms with Crippen LogP contribution in [0, 0.1) is 0 Å². The number of ether oxygens (including phenoxy) is 1. The highest BCUT2D eigenvalue weighted by molar-refractivity contribution is 7.86. The fourth-order valence-corrected chi connectivity index (χ4v) is 4.57. The molecule has 0 amide bonds. The molecule has 0 spiro atoms. The minimum absolute atomic E-state index is 0. The van der Waals surface area contributed by atoms with Crippen molar-refractivity contribution >= 4 is 23.2 Å². The first-order valence-electron chi connectivity index (χ1n) is 6.34. The van der Waals surface area contributed by atoms with Crippen LogP contribution in [0.25, 0.3) is 0 Å². The van der Waals surface area contributed by atoms with E-state index in [1.807, 2.05) is 18.2 Å². The fraction of sp³-hybridized carbons (Fsp3) is 0.571. The molecule has 0 radical (unpaired) electrons. The van der Waals surface area contributed by atoms with Gasteiger partial charge in [-0.3, -0.25) is 4.21 Å². The van der Waals surface area contributed by atoms with Crippen LogP contribution in [-0.4, -0.2) is 42.1 Å². The van der Waals surface area contributed by atoms with Crippen molar-refractivity contribution in [1.82, 2.24) is 4.90 Å². The third-order valence-electron chi connectivity index (χ3n) is 3.79. The summed E-state index contributed by atoms with van der Waals surface area (Å²) in [7, 11) is 2.95. The molecule has 108 valence electrons. The highest BCUT2D eigenvalue weighted by Crippen LogP contribution is 2.36. The first-order valence-corrected chi connectivity index (χ1v) is 7.66. The van der Waals surface area contributed by atoms with Gasteiger partial charge in [0.1, 0.15) is 5.75 Å². The molecule has 19 heavy (non-hydrogen) atoms. The number of likely N-dealkylation sites (N-methyl/N-ethyl adjacent to an activating group) is 1. The molecule has 0 bridgehead atoms. The first-order chi connectivity index (χ1) is 8.62. The summed E-state index contributed by atoms with van der Waals surface area (Å²) in [6, 6.07) is 8.02. The second-order valence-corrected chi connectivity index (χ2v) is 6.75. The normalized spacial score (nSPS) is 27.6. The van der Waals surface area contributed by atoms with E-state index in [0.717, 1.165) is 36.6 Å². The summed E-state index contributed by atoms with van der Waals surface area (Å²) in [6.45, 7) is 3.89. The Morgan fingerprint density at radius 2 is 2.21 bits per heavy atom. The largest absolute Gasteiger partial charge is 0.497 e. The van der Waals surface area contributed by atoms with E-state index < -0.39 is 10.8 Å². The van der Waals surface area contributed by atoms with Gasteiger partial charge in [0.2, 0.25) is 0 Å². The SMILES string of the molecule is CCC1(c2cccc(OC)c2)CN(C)CCS1=O.Cl. The Labute approximate surface area is 124 Å². The maximum absolute atomic E-state index is 12.5. The molecule has 3 nitrogen and oxygen atoms in total. The van der Waals surface area contributed by atoms with Crippen LogP contribution in [0.15, 0.2) is 24.3 Å². The van der Waals surface area contributed by atoms with Crippen LogP contribution in [0.3, 0.4) is 0 Å². The maximum atomic E-state index is 12.5. The Balaban J connectivity index is 0.00000180. The number of hydrogen-bond acceptors (Lipinski definition) is 3. The topological polar surface area (TPSA) is 29.5 Å². The lowest BCUT2D eigenvalue weighted by molar-refractivity contribution is 0.287. The maximum Gasteiger partial charge on any atom is 0.119 e. The van der Waals surface area contributed by atoms with Gasteiger partial charge in [0, 0.05) is 29.6 Å². The molecule has 1 aromatic rings. The van der Waals surface area contributed by atoms with Crippen molar-refractivity contribution in [2.75, 3.05) is 33.0 Å². The molecular weight excluding hydrogens is 282 g/mol. The molecule has 1 aliphatic rings. The number of hydrogen-bond donors (Lipinski definition) is 0. The highest BCUT2D eigenvalue weighted by atomic mass is 35.5. The van der Waals surface area contributed by atoms with Gasteiger partial charge in [0.05, 0.1) is 11.9 Å². The molecule has 0 aromatic heterocycles. The van der Waals surface area contributed by atoms with Gasteiger partial charge in [-0.2, -0.15) is 0 Å². The fourth-order valence-electron chi connectivity index (χ4n) is 2.63. The molecule has 2 rings (SSSR count). The minimum Gasteiger partial charge on any atom is -0.497 e.